The van der Waals surface area contributed by atoms with Crippen molar-refractivity contribution in [3.8, 4) is 11.5 Å². The number of carbonyl (C=O) groups excluding carboxylic acids is 1. The van der Waals surface area contributed by atoms with Gasteiger partial charge in [-0.2, -0.15) is 0 Å². The number of benzene rings is 1. The molecule has 0 bridgehead atoms. The Labute approximate surface area is 120 Å². The van der Waals surface area contributed by atoms with E-state index in [1.165, 1.54) is 31.6 Å². The molecule has 0 saturated carbocycles. The number of nitrogens with zero attached hydrogens (tertiary/aromatic N) is 1. The Morgan fingerprint density at radius 2 is 2.19 bits per heavy atom. The molecule has 0 amide bonds. The molecule has 0 unspecified atom stereocenters. The van der Waals surface area contributed by atoms with Gasteiger partial charge in [-0.3, -0.25) is 14.9 Å². The van der Waals surface area contributed by atoms with E-state index in [1.54, 1.807) is 12.1 Å². The first-order chi connectivity index (χ1) is 10.1. The lowest BCUT2D eigenvalue weighted by molar-refractivity contribution is -0.385. The lowest BCUT2D eigenvalue weighted by Crippen LogP contribution is -2.10. The SMILES string of the molecule is COc1ccc(OC(=O)CCc2ccco2)c([N+](=O)[O-])c1. The fraction of sp³-hybridized carbons (Fsp3) is 0.214. The molecule has 0 aliphatic rings. The number of methoxy groups -OCH3 is 1. The standard InChI is InChI=1S/C14H13NO6/c1-19-11-4-6-13(12(9-11)15(17)18)21-14(16)7-5-10-3-2-8-20-10/h2-4,6,8-9H,5,7H2,1H3. The Kier molecular flexibility index (Phi) is 4.55. The van der Waals surface area contributed by atoms with E-state index in [9.17, 15) is 14.9 Å². The van der Waals surface area contributed by atoms with Gasteiger partial charge in [0.15, 0.2) is 0 Å². The van der Waals surface area contributed by atoms with E-state index in [2.05, 4.69) is 0 Å². The van der Waals surface area contributed by atoms with Crippen LogP contribution in [0, 0.1) is 10.1 Å². The summed E-state index contributed by atoms with van der Waals surface area (Å²) in [5.74, 6) is 0.290. The van der Waals surface area contributed by atoms with Crippen LogP contribution in [0.15, 0.2) is 41.0 Å². The Balaban J connectivity index is 2.04. The van der Waals surface area contributed by atoms with E-state index in [1.807, 2.05) is 0 Å². The van der Waals surface area contributed by atoms with Crippen molar-refractivity contribution in [2.45, 2.75) is 12.8 Å². The second-order valence-electron chi connectivity index (χ2n) is 4.14. The summed E-state index contributed by atoms with van der Waals surface area (Å²) in [6, 6.07) is 7.48. The Bertz CT molecular complexity index is 635. The van der Waals surface area contributed by atoms with E-state index >= 15 is 0 Å². The molecular weight excluding hydrogens is 278 g/mol. The van der Waals surface area contributed by atoms with E-state index in [0.29, 0.717) is 17.9 Å². The Morgan fingerprint density at radius 3 is 2.81 bits per heavy atom. The first kappa shape index (κ1) is 14.6. The van der Waals surface area contributed by atoms with Gasteiger partial charge in [-0.05, 0) is 24.3 Å². The van der Waals surface area contributed by atoms with Crippen LogP contribution in [0.25, 0.3) is 0 Å². The van der Waals surface area contributed by atoms with Gasteiger partial charge in [0, 0.05) is 6.42 Å². The maximum absolute atomic E-state index is 11.7. The number of furan rings is 1. The quantitative estimate of drug-likeness (QED) is 0.351. The molecule has 0 radical (unpaired) electrons. The highest BCUT2D eigenvalue weighted by atomic mass is 16.6. The average Bonchev–Trinajstić information content (AvgIpc) is 2.98. The number of esters is 1. The number of carbonyl (C=O) groups is 1. The lowest BCUT2D eigenvalue weighted by atomic mass is 10.2. The molecule has 2 aromatic rings. The van der Waals surface area contributed by atoms with Crippen molar-refractivity contribution in [2.24, 2.45) is 0 Å². The van der Waals surface area contributed by atoms with Crippen LogP contribution < -0.4 is 9.47 Å². The van der Waals surface area contributed by atoms with Gasteiger partial charge in [0.2, 0.25) is 5.75 Å². The van der Waals surface area contributed by atoms with Crippen LogP contribution in [-0.4, -0.2) is 18.0 Å². The van der Waals surface area contributed by atoms with Crippen LogP contribution in [0.5, 0.6) is 11.5 Å². The van der Waals surface area contributed by atoms with E-state index in [0.717, 1.165) is 0 Å². The van der Waals surface area contributed by atoms with Crippen molar-refractivity contribution in [1.82, 2.24) is 0 Å². The summed E-state index contributed by atoms with van der Waals surface area (Å²) in [6.07, 6.45) is 1.95. The van der Waals surface area contributed by atoms with Gasteiger partial charge < -0.3 is 13.9 Å². The van der Waals surface area contributed by atoms with Crippen LogP contribution in [0.3, 0.4) is 0 Å². The van der Waals surface area contributed by atoms with Gasteiger partial charge in [-0.15, -0.1) is 0 Å². The molecule has 0 aliphatic heterocycles. The van der Waals surface area contributed by atoms with Crippen molar-refractivity contribution in [3.63, 3.8) is 0 Å². The zero-order chi connectivity index (χ0) is 15.2. The van der Waals surface area contributed by atoms with Crippen LogP contribution in [0.1, 0.15) is 12.2 Å². The van der Waals surface area contributed by atoms with Crippen molar-refractivity contribution >= 4 is 11.7 Å². The molecule has 0 aliphatic carbocycles. The monoisotopic (exact) mass is 291 g/mol. The summed E-state index contributed by atoms with van der Waals surface area (Å²) >= 11 is 0. The van der Waals surface area contributed by atoms with Gasteiger partial charge >= 0.3 is 11.7 Å². The summed E-state index contributed by atoms with van der Waals surface area (Å²) in [5, 5.41) is 11.0. The molecule has 0 fully saturated rings. The van der Waals surface area contributed by atoms with Gasteiger partial charge in [-0.1, -0.05) is 0 Å². The molecule has 2 rings (SSSR count). The minimum absolute atomic E-state index is 0.0662. The zero-order valence-corrected chi connectivity index (χ0v) is 11.3. The van der Waals surface area contributed by atoms with Crippen LogP contribution in [-0.2, 0) is 11.2 Å². The minimum atomic E-state index is -0.627. The average molecular weight is 291 g/mol. The van der Waals surface area contributed by atoms with Gasteiger partial charge in [-0.25, -0.2) is 0 Å². The van der Waals surface area contributed by atoms with Gasteiger partial charge in [0.25, 0.3) is 0 Å². The van der Waals surface area contributed by atoms with Gasteiger partial charge in [0.1, 0.15) is 11.5 Å². The predicted molar refractivity (Wildman–Crippen MR) is 72.3 cm³/mol. The highest BCUT2D eigenvalue weighted by Crippen LogP contribution is 2.31. The number of ether oxygens (including phenoxy) is 2. The molecular formula is C14H13NO6. The van der Waals surface area contributed by atoms with Crippen molar-refractivity contribution in [1.29, 1.82) is 0 Å². The summed E-state index contributed by atoms with van der Waals surface area (Å²) in [6.45, 7) is 0. The topological polar surface area (TPSA) is 91.8 Å². The number of hydrogen-bond donors (Lipinski definition) is 0. The summed E-state index contributed by atoms with van der Waals surface area (Å²) < 4.78 is 15.0. The smallest absolute Gasteiger partial charge is 0.315 e. The molecule has 0 saturated heterocycles. The third-order valence-electron chi connectivity index (χ3n) is 2.74. The Morgan fingerprint density at radius 1 is 1.38 bits per heavy atom. The fourth-order valence-electron chi connectivity index (χ4n) is 1.71. The number of rotatable bonds is 6. The minimum Gasteiger partial charge on any atom is -0.496 e. The molecule has 21 heavy (non-hydrogen) atoms. The van der Waals surface area contributed by atoms with Gasteiger partial charge in [0.05, 0.1) is 30.8 Å². The third-order valence-corrected chi connectivity index (χ3v) is 2.74. The molecule has 1 aromatic heterocycles. The second kappa shape index (κ2) is 6.56. The number of nitro benzene ring substituents is 1. The first-order valence-corrected chi connectivity index (χ1v) is 6.15. The predicted octanol–water partition coefficient (Wildman–Crippen LogP) is 2.73. The maximum atomic E-state index is 11.7. The summed E-state index contributed by atoms with van der Waals surface area (Å²) in [7, 11) is 1.40. The molecule has 7 nitrogen and oxygen atoms in total. The highest BCUT2D eigenvalue weighted by Gasteiger charge is 2.19. The van der Waals surface area contributed by atoms with Crippen LogP contribution in [0.4, 0.5) is 5.69 Å². The van der Waals surface area contributed by atoms with E-state index < -0.39 is 10.9 Å². The number of hydrogen-bond acceptors (Lipinski definition) is 6. The molecule has 0 spiro atoms. The zero-order valence-electron chi connectivity index (χ0n) is 11.3. The number of nitro groups is 1. The molecule has 1 aromatic carbocycles. The molecule has 110 valence electrons. The Hall–Kier alpha value is -2.83. The molecule has 0 atom stereocenters. The number of aryl methyl sites for hydroxylation is 1. The largest absolute Gasteiger partial charge is 0.496 e. The summed E-state index contributed by atoms with van der Waals surface area (Å²) in [5.41, 5.74) is -0.319. The van der Waals surface area contributed by atoms with Crippen molar-refractivity contribution in [2.75, 3.05) is 7.11 Å². The molecule has 1 heterocycles. The second-order valence-corrected chi connectivity index (χ2v) is 4.14. The highest BCUT2D eigenvalue weighted by molar-refractivity contribution is 5.74. The normalized spacial score (nSPS) is 10.1. The van der Waals surface area contributed by atoms with E-state index in [4.69, 9.17) is 13.9 Å². The maximum Gasteiger partial charge on any atom is 0.315 e. The lowest BCUT2D eigenvalue weighted by Gasteiger charge is -2.06. The third kappa shape index (κ3) is 3.82. The van der Waals surface area contributed by atoms with Crippen molar-refractivity contribution < 1.29 is 23.6 Å². The van der Waals surface area contributed by atoms with Crippen LogP contribution >= 0.6 is 0 Å². The fourth-order valence-corrected chi connectivity index (χ4v) is 1.71. The molecule has 0 N–H and O–H groups in total. The van der Waals surface area contributed by atoms with Crippen molar-refractivity contribution in [3.05, 3.63) is 52.5 Å². The first-order valence-electron chi connectivity index (χ1n) is 6.15. The van der Waals surface area contributed by atoms with E-state index in [-0.39, 0.29) is 17.9 Å². The summed E-state index contributed by atoms with van der Waals surface area (Å²) in [4.78, 5) is 22.1. The van der Waals surface area contributed by atoms with Crippen LogP contribution in [0.2, 0.25) is 0 Å². The molecule has 7 heteroatoms.